The van der Waals surface area contributed by atoms with Crippen molar-refractivity contribution in [3.8, 4) is 0 Å². The SMILES string of the molecule is CC(C)CN1C(=O)N[C@@](NC(=O)c2ccccc2F)(C(F)(F)F)C1=O. The molecule has 1 atom stereocenters. The molecule has 1 fully saturated rings. The Labute approximate surface area is 140 Å². The van der Waals surface area contributed by atoms with E-state index in [1.807, 2.05) is 0 Å². The van der Waals surface area contributed by atoms with E-state index in [0.29, 0.717) is 4.90 Å². The molecule has 6 nitrogen and oxygen atoms in total. The number of urea groups is 1. The summed E-state index contributed by atoms with van der Waals surface area (Å²) in [7, 11) is 0. The van der Waals surface area contributed by atoms with E-state index in [2.05, 4.69) is 0 Å². The summed E-state index contributed by atoms with van der Waals surface area (Å²) in [4.78, 5) is 36.6. The Morgan fingerprint density at radius 1 is 1.28 bits per heavy atom. The van der Waals surface area contributed by atoms with Crippen LogP contribution in [0, 0.1) is 11.7 Å². The molecule has 4 amide bonds. The summed E-state index contributed by atoms with van der Waals surface area (Å²) < 4.78 is 54.3. The van der Waals surface area contributed by atoms with Crippen LogP contribution in [0.25, 0.3) is 0 Å². The van der Waals surface area contributed by atoms with Crippen molar-refractivity contribution in [1.82, 2.24) is 15.5 Å². The summed E-state index contributed by atoms with van der Waals surface area (Å²) in [6.45, 7) is 2.94. The fourth-order valence-corrected chi connectivity index (χ4v) is 2.34. The van der Waals surface area contributed by atoms with Gasteiger partial charge in [-0.25, -0.2) is 9.18 Å². The van der Waals surface area contributed by atoms with Crippen molar-refractivity contribution in [3.63, 3.8) is 0 Å². The monoisotopic (exact) mass is 361 g/mol. The summed E-state index contributed by atoms with van der Waals surface area (Å²) in [5.74, 6) is -4.49. The first-order valence-electron chi connectivity index (χ1n) is 7.27. The molecule has 0 aromatic heterocycles. The third kappa shape index (κ3) is 3.28. The maximum absolute atomic E-state index is 13.6. The van der Waals surface area contributed by atoms with Crippen molar-refractivity contribution < 1.29 is 31.9 Å². The van der Waals surface area contributed by atoms with Gasteiger partial charge in [0.15, 0.2) is 0 Å². The van der Waals surface area contributed by atoms with Crippen LogP contribution in [0.15, 0.2) is 24.3 Å². The second-order valence-electron chi connectivity index (χ2n) is 5.92. The highest BCUT2D eigenvalue weighted by atomic mass is 19.4. The first kappa shape index (κ1) is 18.7. The molecule has 1 aromatic rings. The van der Waals surface area contributed by atoms with Gasteiger partial charge >= 0.3 is 12.2 Å². The summed E-state index contributed by atoms with van der Waals surface area (Å²) in [5.41, 5.74) is -4.33. The number of amides is 4. The number of nitrogens with zero attached hydrogens (tertiary/aromatic N) is 1. The molecule has 1 aromatic carbocycles. The van der Waals surface area contributed by atoms with E-state index >= 15 is 0 Å². The van der Waals surface area contributed by atoms with Gasteiger partial charge in [0.25, 0.3) is 17.5 Å². The number of imide groups is 1. The Hall–Kier alpha value is -2.65. The summed E-state index contributed by atoms with van der Waals surface area (Å²) >= 11 is 0. The normalized spacial score (nSPS) is 20.8. The smallest absolute Gasteiger partial charge is 0.314 e. The highest BCUT2D eigenvalue weighted by Gasteiger charge is 2.68. The molecule has 2 N–H and O–H groups in total. The van der Waals surface area contributed by atoms with Gasteiger partial charge in [-0.1, -0.05) is 26.0 Å². The average molecular weight is 361 g/mol. The molecule has 1 saturated heterocycles. The standard InChI is InChI=1S/C15H15F4N3O3/c1-8(2)7-22-12(24)14(15(17,18)19,21-13(22)25)20-11(23)9-5-3-4-6-10(9)16/h3-6,8H,7H2,1-2H3,(H,20,23)(H,21,25)/t14-/m1/s1. The fourth-order valence-electron chi connectivity index (χ4n) is 2.34. The molecule has 10 heteroatoms. The van der Waals surface area contributed by atoms with E-state index in [-0.39, 0.29) is 12.5 Å². The number of hydrogen-bond donors (Lipinski definition) is 2. The summed E-state index contributed by atoms with van der Waals surface area (Å²) in [5, 5.41) is 2.94. The van der Waals surface area contributed by atoms with Crippen LogP contribution in [0.3, 0.4) is 0 Å². The molecule has 0 radical (unpaired) electrons. The van der Waals surface area contributed by atoms with Gasteiger partial charge in [-0.3, -0.25) is 19.8 Å². The molecule has 1 heterocycles. The van der Waals surface area contributed by atoms with Crippen LogP contribution in [-0.2, 0) is 4.79 Å². The number of carbonyl (C=O) groups is 3. The minimum Gasteiger partial charge on any atom is -0.314 e. The Bertz CT molecular complexity index is 720. The number of alkyl halides is 3. The van der Waals surface area contributed by atoms with Crippen LogP contribution in [0.2, 0.25) is 0 Å². The van der Waals surface area contributed by atoms with Crippen molar-refractivity contribution in [2.75, 3.05) is 6.54 Å². The molecule has 0 saturated carbocycles. The van der Waals surface area contributed by atoms with Crippen molar-refractivity contribution >= 4 is 17.8 Å². The zero-order valence-electron chi connectivity index (χ0n) is 13.3. The molecule has 1 aliphatic rings. The lowest BCUT2D eigenvalue weighted by Gasteiger charge is -2.30. The van der Waals surface area contributed by atoms with Gasteiger partial charge in [0, 0.05) is 6.54 Å². The van der Waals surface area contributed by atoms with E-state index in [4.69, 9.17) is 0 Å². The van der Waals surface area contributed by atoms with Crippen LogP contribution in [0.1, 0.15) is 24.2 Å². The van der Waals surface area contributed by atoms with Crippen LogP contribution >= 0.6 is 0 Å². The molecular weight excluding hydrogens is 346 g/mol. The van der Waals surface area contributed by atoms with Gasteiger partial charge in [0.05, 0.1) is 5.56 Å². The number of halogens is 4. The lowest BCUT2D eigenvalue weighted by Crippen LogP contribution is -2.69. The van der Waals surface area contributed by atoms with Crippen molar-refractivity contribution in [2.45, 2.75) is 25.7 Å². The van der Waals surface area contributed by atoms with E-state index in [9.17, 15) is 31.9 Å². The molecule has 0 bridgehead atoms. The first-order valence-corrected chi connectivity index (χ1v) is 7.27. The van der Waals surface area contributed by atoms with Gasteiger partial charge in [-0.2, -0.15) is 13.2 Å². The third-order valence-electron chi connectivity index (χ3n) is 3.50. The molecule has 2 rings (SSSR count). The number of nitrogens with one attached hydrogen (secondary N) is 2. The largest absolute Gasteiger partial charge is 0.440 e. The molecule has 0 spiro atoms. The van der Waals surface area contributed by atoms with Crippen LogP contribution in [-0.4, -0.2) is 41.1 Å². The van der Waals surface area contributed by atoms with Crippen LogP contribution in [0.5, 0.6) is 0 Å². The predicted molar refractivity (Wildman–Crippen MR) is 77.7 cm³/mol. The maximum Gasteiger partial charge on any atom is 0.440 e. The second-order valence-corrected chi connectivity index (χ2v) is 5.92. The zero-order chi connectivity index (χ0) is 19.0. The molecule has 1 aliphatic heterocycles. The predicted octanol–water partition coefficient (Wildman–Crippen LogP) is 2.02. The Balaban J connectivity index is 2.41. The number of rotatable bonds is 4. The van der Waals surface area contributed by atoms with Gasteiger partial charge in [0.1, 0.15) is 5.82 Å². The quantitative estimate of drug-likeness (QED) is 0.636. The topological polar surface area (TPSA) is 78.5 Å². The first-order chi connectivity index (χ1) is 11.5. The van der Waals surface area contributed by atoms with Crippen molar-refractivity contribution in [2.24, 2.45) is 5.92 Å². The number of hydrogen-bond acceptors (Lipinski definition) is 3. The van der Waals surface area contributed by atoms with E-state index < -0.39 is 41.1 Å². The lowest BCUT2D eigenvalue weighted by molar-refractivity contribution is -0.200. The highest BCUT2D eigenvalue weighted by Crippen LogP contribution is 2.34. The van der Waals surface area contributed by atoms with Gasteiger partial charge in [0.2, 0.25) is 0 Å². The minimum absolute atomic E-state index is 0.266. The van der Waals surface area contributed by atoms with E-state index in [1.54, 1.807) is 13.8 Å². The fraction of sp³-hybridized carbons (Fsp3) is 0.400. The Kier molecular flexibility index (Phi) is 4.74. The zero-order valence-corrected chi connectivity index (χ0v) is 13.3. The number of benzene rings is 1. The van der Waals surface area contributed by atoms with Crippen LogP contribution in [0.4, 0.5) is 22.4 Å². The highest BCUT2D eigenvalue weighted by molar-refractivity contribution is 6.10. The Morgan fingerprint density at radius 3 is 2.40 bits per heavy atom. The molecule has 0 unspecified atom stereocenters. The van der Waals surface area contributed by atoms with Crippen molar-refractivity contribution in [3.05, 3.63) is 35.6 Å². The van der Waals surface area contributed by atoms with E-state index in [1.165, 1.54) is 22.8 Å². The molecule has 25 heavy (non-hydrogen) atoms. The second kappa shape index (κ2) is 6.34. The lowest BCUT2D eigenvalue weighted by atomic mass is 10.1. The Morgan fingerprint density at radius 2 is 1.88 bits per heavy atom. The maximum atomic E-state index is 13.6. The third-order valence-corrected chi connectivity index (χ3v) is 3.50. The van der Waals surface area contributed by atoms with Gasteiger partial charge in [-0.05, 0) is 18.1 Å². The molecular formula is C15H15F4N3O3. The summed E-state index contributed by atoms with van der Waals surface area (Å²) in [6.07, 6.45) is -5.33. The van der Waals surface area contributed by atoms with E-state index in [0.717, 1.165) is 12.1 Å². The molecule has 0 aliphatic carbocycles. The minimum atomic E-state index is -5.33. The number of carbonyl (C=O) groups excluding carboxylic acids is 3. The average Bonchev–Trinajstić information content (AvgIpc) is 2.72. The van der Waals surface area contributed by atoms with Gasteiger partial charge < -0.3 is 5.32 Å². The summed E-state index contributed by atoms with van der Waals surface area (Å²) in [6, 6.07) is 3.05. The molecule has 136 valence electrons. The van der Waals surface area contributed by atoms with Crippen LogP contribution < -0.4 is 10.6 Å². The van der Waals surface area contributed by atoms with Crippen molar-refractivity contribution in [1.29, 1.82) is 0 Å². The van der Waals surface area contributed by atoms with Gasteiger partial charge in [-0.15, -0.1) is 0 Å².